The molecule has 0 saturated carbocycles. The molecule has 6 nitrogen and oxygen atoms in total. The molecule has 0 aliphatic carbocycles. The standard InChI is InChI=1S/C15H15FN2O4S/c1-22-14-8-7-10(9-11(14)16)15(19)17-12-5-3-4-6-13(12)18-23(2,20)21/h3-9,18H,1-2H3,(H,17,19). The van der Waals surface area contributed by atoms with E-state index < -0.39 is 21.7 Å². The van der Waals surface area contributed by atoms with Gasteiger partial charge in [-0.2, -0.15) is 0 Å². The molecule has 0 atom stereocenters. The van der Waals surface area contributed by atoms with Crippen molar-refractivity contribution >= 4 is 27.3 Å². The van der Waals surface area contributed by atoms with Gasteiger partial charge in [0, 0.05) is 5.56 Å². The van der Waals surface area contributed by atoms with Crippen LogP contribution in [-0.4, -0.2) is 27.7 Å². The molecule has 0 aliphatic heterocycles. The fourth-order valence-electron chi connectivity index (χ4n) is 1.88. The van der Waals surface area contributed by atoms with Gasteiger partial charge in [-0.25, -0.2) is 12.8 Å². The summed E-state index contributed by atoms with van der Waals surface area (Å²) >= 11 is 0. The van der Waals surface area contributed by atoms with Crippen molar-refractivity contribution in [3.05, 3.63) is 53.8 Å². The van der Waals surface area contributed by atoms with E-state index in [-0.39, 0.29) is 22.7 Å². The van der Waals surface area contributed by atoms with Crippen LogP contribution in [0, 0.1) is 5.82 Å². The van der Waals surface area contributed by atoms with E-state index in [9.17, 15) is 17.6 Å². The van der Waals surface area contributed by atoms with Crippen LogP contribution in [-0.2, 0) is 10.0 Å². The zero-order valence-electron chi connectivity index (χ0n) is 12.5. The van der Waals surface area contributed by atoms with Gasteiger partial charge in [-0.05, 0) is 30.3 Å². The molecule has 23 heavy (non-hydrogen) atoms. The Labute approximate surface area is 133 Å². The zero-order valence-corrected chi connectivity index (χ0v) is 13.3. The number of hydrogen-bond acceptors (Lipinski definition) is 4. The van der Waals surface area contributed by atoms with Crippen LogP contribution in [0.5, 0.6) is 5.75 Å². The number of carbonyl (C=O) groups is 1. The first-order valence-corrected chi connectivity index (χ1v) is 8.41. The highest BCUT2D eigenvalue weighted by Gasteiger charge is 2.13. The number of hydrogen-bond donors (Lipinski definition) is 2. The Balaban J connectivity index is 2.25. The maximum atomic E-state index is 13.7. The van der Waals surface area contributed by atoms with Gasteiger partial charge < -0.3 is 10.1 Å². The molecule has 122 valence electrons. The lowest BCUT2D eigenvalue weighted by atomic mass is 10.2. The van der Waals surface area contributed by atoms with Gasteiger partial charge in [0.2, 0.25) is 10.0 Å². The topological polar surface area (TPSA) is 84.5 Å². The highest BCUT2D eigenvalue weighted by molar-refractivity contribution is 7.92. The van der Waals surface area contributed by atoms with Gasteiger partial charge in [0.25, 0.3) is 5.91 Å². The number of rotatable bonds is 5. The Hall–Kier alpha value is -2.61. The number of amides is 1. The van der Waals surface area contributed by atoms with Crippen LogP contribution in [0.15, 0.2) is 42.5 Å². The molecule has 0 spiro atoms. The average molecular weight is 338 g/mol. The van der Waals surface area contributed by atoms with Crippen molar-refractivity contribution in [2.75, 3.05) is 23.4 Å². The second-order valence-electron chi connectivity index (χ2n) is 4.72. The Morgan fingerprint density at radius 3 is 2.35 bits per heavy atom. The molecule has 0 aliphatic rings. The van der Waals surface area contributed by atoms with Crippen molar-refractivity contribution in [2.24, 2.45) is 0 Å². The molecule has 2 rings (SSSR count). The summed E-state index contributed by atoms with van der Waals surface area (Å²) in [6.07, 6.45) is 1.00. The lowest BCUT2D eigenvalue weighted by molar-refractivity contribution is 0.102. The first-order valence-electron chi connectivity index (χ1n) is 6.52. The number of benzene rings is 2. The van der Waals surface area contributed by atoms with E-state index in [1.165, 1.54) is 31.4 Å². The highest BCUT2D eigenvalue weighted by Crippen LogP contribution is 2.23. The van der Waals surface area contributed by atoms with Crippen molar-refractivity contribution in [1.82, 2.24) is 0 Å². The summed E-state index contributed by atoms with van der Waals surface area (Å²) in [4.78, 5) is 12.2. The minimum Gasteiger partial charge on any atom is -0.494 e. The molecule has 0 fully saturated rings. The van der Waals surface area contributed by atoms with E-state index in [0.717, 1.165) is 12.3 Å². The van der Waals surface area contributed by atoms with E-state index >= 15 is 0 Å². The van der Waals surface area contributed by atoms with Crippen LogP contribution < -0.4 is 14.8 Å². The predicted molar refractivity (Wildman–Crippen MR) is 85.8 cm³/mol. The molecular weight excluding hydrogens is 323 g/mol. The van der Waals surface area contributed by atoms with Crippen LogP contribution in [0.4, 0.5) is 15.8 Å². The van der Waals surface area contributed by atoms with Crippen molar-refractivity contribution in [1.29, 1.82) is 0 Å². The number of halogens is 1. The Morgan fingerprint density at radius 1 is 1.13 bits per heavy atom. The molecule has 0 unspecified atom stereocenters. The van der Waals surface area contributed by atoms with E-state index in [1.54, 1.807) is 12.1 Å². The van der Waals surface area contributed by atoms with Gasteiger partial charge in [0.15, 0.2) is 11.6 Å². The second-order valence-corrected chi connectivity index (χ2v) is 6.47. The second kappa shape index (κ2) is 6.66. The predicted octanol–water partition coefficient (Wildman–Crippen LogP) is 2.46. The summed E-state index contributed by atoms with van der Waals surface area (Å²) in [6.45, 7) is 0. The SMILES string of the molecule is COc1ccc(C(=O)Nc2ccccc2NS(C)(=O)=O)cc1F. The lowest BCUT2D eigenvalue weighted by Crippen LogP contribution is -2.16. The van der Waals surface area contributed by atoms with Gasteiger partial charge in [0.1, 0.15) is 0 Å². The number of sulfonamides is 1. The van der Waals surface area contributed by atoms with Gasteiger partial charge in [-0.1, -0.05) is 12.1 Å². The molecule has 0 saturated heterocycles. The average Bonchev–Trinajstić information content (AvgIpc) is 2.47. The van der Waals surface area contributed by atoms with Crippen molar-refractivity contribution in [2.45, 2.75) is 0 Å². The summed E-state index contributed by atoms with van der Waals surface area (Å²) in [5.41, 5.74) is 0.564. The van der Waals surface area contributed by atoms with Crippen molar-refractivity contribution < 1.29 is 22.3 Å². The molecule has 1 amide bonds. The normalized spacial score (nSPS) is 10.9. The van der Waals surface area contributed by atoms with Crippen LogP contribution in [0.2, 0.25) is 0 Å². The van der Waals surface area contributed by atoms with Crippen LogP contribution in [0.3, 0.4) is 0 Å². The quantitative estimate of drug-likeness (QED) is 0.877. The number of anilines is 2. The molecule has 2 aromatic rings. The maximum Gasteiger partial charge on any atom is 0.255 e. The zero-order chi connectivity index (χ0) is 17.0. The third-order valence-corrected chi connectivity index (χ3v) is 3.48. The van der Waals surface area contributed by atoms with E-state index in [0.29, 0.717) is 0 Å². The third kappa shape index (κ3) is 4.43. The fourth-order valence-corrected chi connectivity index (χ4v) is 2.46. The van der Waals surface area contributed by atoms with Gasteiger partial charge >= 0.3 is 0 Å². The molecule has 0 radical (unpaired) electrons. The summed E-state index contributed by atoms with van der Waals surface area (Å²) in [5.74, 6) is -1.21. The summed E-state index contributed by atoms with van der Waals surface area (Å²) in [6, 6.07) is 10.1. The third-order valence-electron chi connectivity index (χ3n) is 2.88. The van der Waals surface area contributed by atoms with Crippen molar-refractivity contribution in [3.8, 4) is 5.75 Å². The monoisotopic (exact) mass is 338 g/mol. The molecule has 0 aromatic heterocycles. The van der Waals surface area contributed by atoms with Gasteiger partial charge in [-0.15, -0.1) is 0 Å². The summed E-state index contributed by atoms with van der Waals surface area (Å²) in [5, 5.41) is 2.54. The van der Waals surface area contributed by atoms with Gasteiger partial charge in [-0.3, -0.25) is 9.52 Å². The maximum absolute atomic E-state index is 13.7. The molecule has 0 heterocycles. The summed E-state index contributed by atoms with van der Waals surface area (Å²) in [7, 11) is -2.17. The van der Waals surface area contributed by atoms with Crippen molar-refractivity contribution in [3.63, 3.8) is 0 Å². The number of carbonyl (C=O) groups excluding carboxylic acids is 1. The first kappa shape index (κ1) is 16.8. The number of methoxy groups -OCH3 is 1. The minimum atomic E-state index is -3.49. The lowest BCUT2D eigenvalue weighted by Gasteiger charge is -2.12. The first-order chi connectivity index (χ1) is 10.8. The smallest absolute Gasteiger partial charge is 0.255 e. The number of ether oxygens (including phenoxy) is 1. The number of nitrogens with one attached hydrogen (secondary N) is 2. The van der Waals surface area contributed by atoms with E-state index in [2.05, 4.69) is 10.0 Å². The highest BCUT2D eigenvalue weighted by atomic mass is 32.2. The Kier molecular flexibility index (Phi) is 4.85. The largest absolute Gasteiger partial charge is 0.494 e. The van der Waals surface area contributed by atoms with E-state index in [4.69, 9.17) is 4.74 Å². The van der Waals surface area contributed by atoms with Crippen LogP contribution in [0.25, 0.3) is 0 Å². The Bertz CT molecular complexity index is 837. The summed E-state index contributed by atoms with van der Waals surface area (Å²) < 4.78 is 43.4. The van der Waals surface area contributed by atoms with Crippen LogP contribution >= 0.6 is 0 Å². The van der Waals surface area contributed by atoms with Gasteiger partial charge in [0.05, 0.1) is 24.7 Å². The molecular formula is C15H15FN2O4S. The molecule has 2 N–H and O–H groups in total. The number of para-hydroxylation sites is 2. The minimum absolute atomic E-state index is 0.0284. The Morgan fingerprint density at radius 2 is 1.78 bits per heavy atom. The molecule has 2 aromatic carbocycles. The van der Waals surface area contributed by atoms with E-state index in [1.807, 2.05) is 0 Å². The van der Waals surface area contributed by atoms with Crippen LogP contribution in [0.1, 0.15) is 10.4 Å². The molecule has 0 bridgehead atoms. The fraction of sp³-hybridized carbons (Fsp3) is 0.133. The molecule has 8 heteroatoms.